The number of anilines is 2. The van der Waals surface area contributed by atoms with Crippen molar-refractivity contribution in [1.29, 1.82) is 0 Å². The minimum atomic E-state index is -1.05. The van der Waals surface area contributed by atoms with Gasteiger partial charge >= 0.3 is 5.97 Å². The Kier molecular flexibility index (Phi) is 3.06. The van der Waals surface area contributed by atoms with E-state index in [9.17, 15) is 14.0 Å². The molecule has 1 atom stereocenters. The Labute approximate surface area is 119 Å². The molecule has 1 aliphatic rings. The molecule has 0 saturated heterocycles. The summed E-state index contributed by atoms with van der Waals surface area (Å²) < 4.78 is 13.3. The van der Waals surface area contributed by atoms with Gasteiger partial charge in [-0.3, -0.25) is 4.79 Å². The molecular formula is C15H11FN2O3. The van der Waals surface area contributed by atoms with Crippen molar-refractivity contribution in [2.45, 2.75) is 6.04 Å². The third-order valence-electron chi connectivity index (χ3n) is 3.27. The molecule has 1 unspecified atom stereocenters. The fraction of sp³-hybridized carbons (Fsp3) is 0.0667. The van der Waals surface area contributed by atoms with Gasteiger partial charge in [0.2, 0.25) is 0 Å². The molecule has 6 heteroatoms. The maximum atomic E-state index is 13.3. The molecule has 3 rings (SSSR count). The van der Waals surface area contributed by atoms with E-state index in [1.165, 1.54) is 30.3 Å². The first-order valence-corrected chi connectivity index (χ1v) is 6.25. The lowest BCUT2D eigenvalue weighted by Gasteiger charge is -2.13. The second-order valence-corrected chi connectivity index (χ2v) is 4.68. The Morgan fingerprint density at radius 2 is 2.05 bits per heavy atom. The lowest BCUT2D eigenvalue weighted by atomic mass is 10.1. The Morgan fingerprint density at radius 3 is 2.81 bits per heavy atom. The van der Waals surface area contributed by atoms with Crippen LogP contribution in [0.5, 0.6) is 0 Å². The van der Waals surface area contributed by atoms with Crippen LogP contribution in [0.15, 0.2) is 42.5 Å². The molecule has 0 radical (unpaired) electrons. The minimum absolute atomic E-state index is 0.109. The number of carbonyl (C=O) groups is 2. The predicted molar refractivity (Wildman–Crippen MR) is 74.8 cm³/mol. The number of carboxylic acids is 1. The zero-order valence-corrected chi connectivity index (χ0v) is 10.8. The first-order chi connectivity index (χ1) is 10.0. The van der Waals surface area contributed by atoms with Gasteiger partial charge in [-0.25, -0.2) is 9.18 Å². The van der Waals surface area contributed by atoms with E-state index in [1.807, 2.05) is 0 Å². The van der Waals surface area contributed by atoms with Crippen LogP contribution in [-0.2, 0) is 4.79 Å². The Hall–Kier alpha value is -2.89. The van der Waals surface area contributed by atoms with E-state index >= 15 is 0 Å². The highest BCUT2D eigenvalue weighted by atomic mass is 19.1. The molecule has 1 amide bonds. The fourth-order valence-corrected chi connectivity index (χ4v) is 2.28. The van der Waals surface area contributed by atoms with E-state index in [1.54, 1.807) is 12.1 Å². The summed E-state index contributed by atoms with van der Waals surface area (Å²) in [6.07, 6.45) is 0. The van der Waals surface area contributed by atoms with Crippen molar-refractivity contribution in [3.05, 3.63) is 59.4 Å². The maximum Gasteiger partial charge on any atom is 0.335 e. The van der Waals surface area contributed by atoms with Crippen LogP contribution in [0, 0.1) is 5.82 Å². The molecule has 0 bridgehead atoms. The summed E-state index contributed by atoms with van der Waals surface area (Å²) in [4.78, 5) is 22.9. The van der Waals surface area contributed by atoms with E-state index in [4.69, 9.17) is 5.11 Å². The summed E-state index contributed by atoms with van der Waals surface area (Å²) in [5.74, 6) is -1.80. The van der Waals surface area contributed by atoms with E-state index in [-0.39, 0.29) is 11.5 Å². The number of nitrogens with one attached hydrogen (secondary N) is 2. The summed E-state index contributed by atoms with van der Waals surface area (Å²) in [7, 11) is 0. The largest absolute Gasteiger partial charge is 0.478 e. The van der Waals surface area contributed by atoms with Crippen LogP contribution in [0.1, 0.15) is 22.0 Å². The van der Waals surface area contributed by atoms with Gasteiger partial charge in [0.25, 0.3) is 5.91 Å². The van der Waals surface area contributed by atoms with E-state index in [0.717, 1.165) is 0 Å². The first-order valence-electron chi connectivity index (χ1n) is 6.25. The zero-order chi connectivity index (χ0) is 15.0. The molecule has 21 heavy (non-hydrogen) atoms. The van der Waals surface area contributed by atoms with Crippen molar-refractivity contribution in [2.24, 2.45) is 0 Å². The second kappa shape index (κ2) is 4.90. The van der Waals surface area contributed by atoms with Gasteiger partial charge in [0.05, 0.1) is 5.56 Å². The Morgan fingerprint density at radius 1 is 1.24 bits per heavy atom. The first kappa shape index (κ1) is 13.1. The van der Waals surface area contributed by atoms with Crippen molar-refractivity contribution in [2.75, 3.05) is 10.6 Å². The number of amides is 1. The molecule has 2 aromatic rings. The number of hydrogen-bond acceptors (Lipinski definition) is 3. The van der Waals surface area contributed by atoms with Crippen LogP contribution >= 0.6 is 0 Å². The summed E-state index contributed by atoms with van der Waals surface area (Å²) in [5, 5.41) is 14.5. The number of rotatable bonds is 3. The normalized spacial score (nSPS) is 16.2. The van der Waals surface area contributed by atoms with Crippen LogP contribution in [0.3, 0.4) is 0 Å². The molecular weight excluding hydrogens is 275 g/mol. The van der Waals surface area contributed by atoms with E-state index in [2.05, 4.69) is 10.6 Å². The molecule has 5 nitrogen and oxygen atoms in total. The molecule has 0 aliphatic carbocycles. The molecule has 0 fully saturated rings. The lowest BCUT2D eigenvalue weighted by molar-refractivity contribution is -0.116. The van der Waals surface area contributed by atoms with Crippen molar-refractivity contribution >= 4 is 23.3 Å². The smallest absolute Gasteiger partial charge is 0.335 e. The van der Waals surface area contributed by atoms with Gasteiger partial charge in [0.15, 0.2) is 0 Å². The Bertz CT molecular complexity index is 745. The molecule has 1 aliphatic heterocycles. The highest BCUT2D eigenvalue weighted by molar-refractivity contribution is 6.04. The van der Waals surface area contributed by atoms with Gasteiger partial charge in [-0.1, -0.05) is 6.07 Å². The third kappa shape index (κ3) is 2.43. The number of hydrogen-bond donors (Lipinski definition) is 3. The molecule has 2 aromatic carbocycles. The molecule has 1 heterocycles. The number of aromatic carboxylic acids is 1. The van der Waals surface area contributed by atoms with Crippen molar-refractivity contribution in [3.8, 4) is 0 Å². The second-order valence-electron chi connectivity index (χ2n) is 4.68. The van der Waals surface area contributed by atoms with Gasteiger partial charge in [-0.2, -0.15) is 0 Å². The van der Waals surface area contributed by atoms with Gasteiger partial charge in [-0.05, 0) is 36.4 Å². The van der Waals surface area contributed by atoms with Gasteiger partial charge in [0, 0.05) is 16.9 Å². The average molecular weight is 286 g/mol. The van der Waals surface area contributed by atoms with Crippen molar-refractivity contribution < 1.29 is 19.1 Å². The van der Waals surface area contributed by atoms with E-state index < -0.39 is 17.8 Å². The summed E-state index contributed by atoms with van der Waals surface area (Å²) >= 11 is 0. The van der Waals surface area contributed by atoms with Gasteiger partial charge in [-0.15, -0.1) is 0 Å². The number of halogens is 1. The monoisotopic (exact) mass is 286 g/mol. The number of carboxylic acid groups (broad SMARTS) is 1. The SMILES string of the molecule is O=C(O)c1cccc(NC2C(=O)Nc3ccc(F)cc32)c1. The maximum absolute atomic E-state index is 13.3. The topological polar surface area (TPSA) is 78.4 Å². The minimum Gasteiger partial charge on any atom is -0.478 e. The summed E-state index contributed by atoms with van der Waals surface area (Å²) in [6, 6.07) is 9.40. The molecule has 3 N–H and O–H groups in total. The predicted octanol–water partition coefficient (Wildman–Crippen LogP) is 2.63. The van der Waals surface area contributed by atoms with Crippen molar-refractivity contribution in [3.63, 3.8) is 0 Å². The fourth-order valence-electron chi connectivity index (χ4n) is 2.28. The number of benzene rings is 2. The van der Waals surface area contributed by atoms with Crippen LogP contribution in [-0.4, -0.2) is 17.0 Å². The van der Waals surface area contributed by atoms with Crippen LogP contribution < -0.4 is 10.6 Å². The van der Waals surface area contributed by atoms with Crippen molar-refractivity contribution in [1.82, 2.24) is 0 Å². The number of carbonyl (C=O) groups excluding carboxylic acids is 1. The van der Waals surface area contributed by atoms with Gasteiger partial charge in [0.1, 0.15) is 11.9 Å². The highest BCUT2D eigenvalue weighted by Crippen LogP contribution is 2.33. The molecule has 106 valence electrons. The van der Waals surface area contributed by atoms with Crippen LogP contribution in [0.4, 0.5) is 15.8 Å². The number of fused-ring (bicyclic) bond motifs is 1. The zero-order valence-electron chi connectivity index (χ0n) is 10.8. The van der Waals surface area contributed by atoms with Gasteiger partial charge < -0.3 is 15.7 Å². The van der Waals surface area contributed by atoms with Crippen LogP contribution in [0.2, 0.25) is 0 Å². The Balaban J connectivity index is 1.92. The quantitative estimate of drug-likeness (QED) is 0.810. The van der Waals surface area contributed by atoms with Crippen LogP contribution in [0.25, 0.3) is 0 Å². The average Bonchev–Trinajstić information content (AvgIpc) is 2.75. The third-order valence-corrected chi connectivity index (χ3v) is 3.27. The standard InChI is InChI=1S/C15H11FN2O3/c16-9-4-5-12-11(7-9)13(14(19)18-12)17-10-3-1-2-8(6-10)15(20)21/h1-7,13,17H,(H,18,19)(H,20,21). The molecule has 0 spiro atoms. The molecule has 0 aromatic heterocycles. The highest BCUT2D eigenvalue weighted by Gasteiger charge is 2.30. The summed E-state index contributed by atoms with van der Waals surface area (Å²) in [6.45, 7) is 0. The molecule has 0 saturated carbocycles. The van der Waals surface area contributed by atoms with E-state index in [0.29, 0.717) is 16.9 Å². The summed E-state index contributed by atoms with van der Waals surface area (Å²) in [5.41, 5.74) is 1.64. The lowest BCUT2D eigenvalue weighted by Crippen LogP contribution is -2.19.